The van der Waals surface area contributed by atoms with Gasteiger partial charge in [0.25, 0.3) is 0 Å². The molecule has 1 aromatic heterocycles. The fraction of sp³-hybridized carbons (Fsp3) is 0.615. The van der Waals surface area contributed by atoms with Crippen molar-refractivity contribution in [2.45, 2.75) is 32.1 Å². The summed E-state index contributed by atoms with van der Waals surface area (Å²) in [7, 11) is -3.13. The molecule has 0 unspecified atom stereocenters. The van der Waals surface area contributed by atoms with Crippen LogP contribution >= 0.6 is 24.0 Å². The monoisotopic (exact) mass is 429 g/mol. The molecule has 1 aromatic rings. The first-order chi connectivity index (χ1) is 9.26. The fourth-order valence-electron chi connectivity index (χ4n) is 1.33. The molecule has 0 aliphatic rings. The van der Waals surface area contributed by atoms with Crippen LogP contribution in [0.5, 0.6) is 0 Å². The second-order valence-electron chi connectivity index (χ2n) is 5.16. The van der Waals surface area contributed by atoms with Crippen LogP contribution in [0.2, 0.25) is 0 Å². The molecule has 0 fully saturated rings. The van der Waals surface area contributed by atoms with Gasteiger partial charge >= 0.3 is 0 Å². The first-order valence-corrected chi connectivity index (χ1v) is 8.39. The SMILES string of the molecule is CCNC(=NCc1ccco1)NCC(C)(C)S(C)(=O)=O.I. The average Bonchev–Trinajstić information content (AvgIpc) is 2.84. The third kappa shape index (κ3) is 6.68. The maximum Gasteiger partial charge on any atom is 0.191 e. The molecule has 122 valence electrons. The summed E-state index contributed by atoms with van der Waals surface area (Å²) in [6, 6.07) is 3.64. The second-order valence-corrected chi connectivity index (χ2v) is 7.81. The Morgan fingerprint density at radius 3 is 2.52 bits per heavy atom. The van der Waals surface area contributed by atoms with Crippen molar-refractivity contribution in [2.75, 3.05) is 19.3 Å². The Morgan fingerprint density at radius 2 is 2.05 bits per heavy atom. The molecule has 0 amide bonds. The molecule has 0 spiro atoms. The molecule has 2 N–H and O–H groups in total. The van der Waals surface area contributed by atoms with Gasteiger partial charge in [-0.3, -0.25) is 0 Å². The van der Waals surface area contributed by atoms with Crippen molar-refractivity contribution < 1.29 is 12.8 Å². The Kier molecular flexibility index (Phi) is 8.30. The minimum absolute atomic E-state index is 0. The van der Waals surface area contributed by atoms with Crippen LogP contribution in [0.25, 0.3) is 0 Å². The first kappa shape index (κ1) is 20.2. The van der Waals surface area contributed by atoms with Crippen molar-refractivity contribution in [3.63, 3.8) is 0 Å². The number of hydrogen-bond acceptors (Lipinski definition) is 4. The predicted molar refractivity (Wildman–Crippen MR) is 95.9 cm³/mol. The van der Waals surface area contributed by atoms with Crippen molar-refractivity contribution in [2.24, 2.45) is 4.99 Å². The number of hydrogen-bond donors (Lipinski definition) is 2. The van der Waals surface area contributed by atoms with Gasteiger partial charge in [-0.2, -0.15) is 0 Å². The normalized spacial score (nSPS) is 12.7. The molecule has 8 heteroatoms. The third-order valence-electron chi connectivity index (χ3n) is 3.00. The third-order valence-corrected chi connectivity index (χ3v) is 5.15. The summed E-state index contributed by atoms with van der Waals surface area (Å²) < 4.78 is 27.7. The van der Waals surface area contributed by atoms with Crippen LogP contribution in [0.15, 0.2) is 27.8 Å². The first-order valence-electron chi connectivity index (χ1n) is 6.50. The average molecular weight is 429 g/mol. The van der Waals surface area contributed by atoms with Crippen LogP contribution in [0.1, 0.15) is 26.5 Å². The second kappa shape index (κ2) is 8.62. The number of nitrogens with one attached hydrogen (secondary N) is 2. The van der Waals surface area contributed by atoms with Gasteiger partial charge in [0.2, 0.25) is 0 Å². The molecule has 0 aliphatic heterocycles. The number of aliphatic imine (C=N–C) groups is 1. The van der Waals surface area contributed by atoms with Gasteiger partial charge in [0.1, 0.15) is 12.3 Å². The molecule has 0 aliphatic carbocycles. The summed E-state index contributed by atoms with van der Waals surface area (Å²) in [6.07, 6.45) is 2.83. The van der Waals surface area contributed by atoms with E-state index in [4.69, 9.17) is 4.42 Å². The van der Waals surface area contributed by atoms with Crippen LogP contribution in [-0.2, 0) is 16.4 Å². The molecule has 6 nitrogen and oxygen atoms in total. The highest BCUT2D eigenvalue weighted by Crippen LogP contribution is 2.13. The molecule has 0 radical (unpaired) electrons. The number of sulfone groups is 1. The number of furan rings is 1. The van der Waals surface area contributed by atoms with E-state index in [2.05, 4.69) is 15.6 Å². The summed E-state index contributed by atoms with van der Waals surface area (Å²) in [5.41, 5.74) is 0. The van der Waals surface area contributed by atoms with E-state index in [1.54, 1.807) is 26.2 Å². The Balaban J connectivity index is 0.00000400. The lowest BCUT2D eigenvalue weighted by atomic mass is 10.2. The van der Waals surface area contributed by atoms with Gasteiger partial charge in [-0.1, -0.05) is 0 Å². The van der Waals surface area contributed by atoms with E-state index in [0.29, 0.717) is 19.0 Å². The largest absolute Gasteiger partial charge is 0.467 e. The molecule has 1 rings (SSSR count). The Bertz CT molecular complexity index is 539. The maximum atomic E-state index is 11.7. The topological polar surface area (TPSA) is 83.7 Å². The van der Waals surface area contributed by atoms with Crippen LogP contribution in [0, 0.1) is 0 Å². The van der Waals surface area contributed by atoms with Crippen molar-refractivity contribution in [3.8, 4) is 0 Å². The van der Waals surface area contributed by atoms with Crippen LogP contribution < -0.4 is 10.6 Å². The smallest absolute Gasteiger partial charge is 0.191 e. The van der Waals surface area contributed by atoms with E-state index < -0.39 is 14.6 Å². The van der Waals surface area contributed by atoms with Crippen molar-refractivity contribution in [1.82, 2.24) is 10.6 Å². The van der Waals surface area contributed by atoms with Crippen molar-refractivity contribution in [1.29, 1.82) is 0 Å². The number of halogens is 1. The highest BCUT2D eigenvalue weighted by Gasteiger charge is 2.30. The maximum absolute atomic E-state index is 11.7. The Labute approximate surface area is 143 Å². The molecular formula is C13H24IN3O3S. The Hall–Kier alpha value is -0.770. The highest BCUT2D eigenvalue weighted by atomic mass is 127. The van der Waals surface area contributed by atoms with E-state index in [0.717, 1.165) is 5.76 Å². The molecule has 1 heterocycles. The molecule has 21 heavy (non-hydrogen) atoms. The molecular weight excluding hydrogens is 405 g/mol. The summed E-state index contributed by atoms with van der Waals surface area (Å²) in [5, 5.41) is 6.12. The minimum atomic E-state index is -3.13. The van der Waals surface area contributed by atoms with E-state index >= 15 is 0 Å². The number of guanidine groups is 1. The van der Waals surface area contributed by atoms with Crippen LogP contribution in [0.4, 0.5) is 0 Å². The predicted octanol–water partition coefficient (Wildman–Crippen LogP) is 1.78. The van der Waals surface area contributed by atoms with Crippen molar-refractivity contribution in [3.05, 3.63) is 24.2 Å². The van der Waals surface area contributed by atoms with Gasteiger partial charge in [-0.15, -0.1) is 24.0 Å². The lowest BCUT2D eigenvalue weighted by Gasteiger charge is -2.24. The summed E-state index contributed by atoms with van der Waals surface area (Å²) in [6.45, 7) is 6.71. The lowest BCUT2D eigenvalue weighted by molar-refractivity contribution is 0.511. The molecule has 0 bridgehead atoms. The quantitative estimate of drug-likeness (QED) is 0.409. The highest BCUT2D eigenvalue weighted by molar-refractivity contribution is 14.0. The van der Waals surface area contributed by atoms with Gasteiger partial charge in [0, 0.05) is 19.3 Å². The molecule has 0 saturated carbocycles. The minimum Gasteiger partial charge on any atom is -0.467 e. The lowest BCUT2D eigenvalue weighted by Crippen LogP contribution is -2.47. The summed E-state index contributed by atoms with van der Waals surface area (Å²) >= 11 is 0. The number of nitrogens with zero attached hydrogens (tertiary/aromatic N) is 1. The standard InChI is InChI=1S/C13H23N3O3S.HI/c1-5-14-12(15-9-11-7-6-8-19-11)16-10-13(2,3)20(4,17)18;/h6-8H,5,9-10H2,1-4H3,(H2,14,15,16);1H. The van der Waals surface area contributed by atoms with Gasteiger partial charge in [-0.05, 0) is 32.9 Å². The van der Waals surface area contributed by atoms with Gasteiger partial charge in [0.05, 0.1) is 11.0 Å². The van der Waals surface area contributed by atoms with Crippen LogP contribution in [-0.4, -0.2) is 38.5 Å². The molecule has 0 atom stereocenters. The molecule has 0 aromatic carbocycles. The fourth-order valence-corrected chi connectivity index (χ4v) is 1.66. The zero-order valence-corrected chi connectivity index (χ0v) is 16.0. The zero-order chi connectivity index (χ0) is 15.2. The van der Waals surface area contributed by atoms with Crippen LogP contribution in [0.3, 0.4) is 0 Å². The van der Waals surface area contributed by atoms with E-state index in [9.17, 15) is 8.42 Å². The zero-order valence-electron chi connectivity index (χ0n) is 12.8. The van der Waals surface area contributed by atoms with E-state index in [1.807, 2.05) is 13.0 Å². The summed E-state index contributed by atoms with van der Waals surface area (Å²) in [5.74, 6) is 1.32. The van der Waals surface area contributed by atoms with Gasteiger partial charge < -0.3 is 15.1 Å². The van der Waals surface area contributed by atoms with Gasteiger partial charge in [0.15, 0.2) is 15.8 Å². The van der Waals surface area contributed by atoms with Gasteiger partial charge in [-0.25, -0.2) is 13.4 Å². The van der Waals surface area contributed by atoms with E-state index in [-0.39, 0.29) is 30.5 Å². The number of rotatable bonds is 6. The summed E-state index contributed by atoms with van der Waals surface area (Å²) in [4.78, 5) is 4.35. The Morgan fingerprint density at radius 1 is 1.38 bits per heavy atom. The molecule has 0 saturated heterocycles. The van der Waals surface area contributed by atoms with E-state index in [1.165, 1.54) is 6.26 Å². The van der Waals surface area contributed by atoms with Crippen molar-refractivity contribution >= 4 is 39.8 Å².